The Morgan fingerprint density at radius 2 is 2.09 bits per heavy atom. The number of carbonyl (C=O) groups excluding carboxylic acids is 1. The number of aliphatic imine (C=N–C) groups is 1. The second-order valence-electron chi connectivity index (χ2n) is 5.04. The maximum absolute atomic E-state index is 11.9. The van der Waals surface area contributed by atoms with Crippen LogP contribution in [0.3, 0.4) is 0 Å². The highest BCUT2D eigenvalue weighted by Gasteiger charge is 2.49. The van der Waals surface area contributed by atoms with Crippen molar-refractivity contribution in [2.75, 3.05) is 22.3 Å². The van der Waals surface area contributed by atoms with Gasteiger partial charge in [0.25, 0.3) is 5.91 Å². The van der Waals surface area contributed by atoms with Crippen LogP contribution in [-0.2, 0) is 14.6 Å². The van der Waals surface area contributed by atoms with Gasteiger partial charge < -0.3 is 4.90 Å². The Kier molecular flexibility index (Phi) is 4.42. The Morgan fingerprint density at radius 3 is 2.77 bits per heavy atom. The predicted octanol–water partition coefficient (Wildman–Crippen LogP) is 2.18. The van der Waals surface area contributed by atoms with Crippen LogP contribution < -0.4 is 4.90 Å². The summed E-state index contributed by atoms with van der Waals surface area (Å²) >= 11 is 13.0. The van der Waals surface area contributed by atoms with E-state index in [0.29, 0.717) is 15.9 Å². The molecule has 0 N–H and O–H groups in total. The number of para-hydroxylation sites is 1. The van der Waals surface area contributed by atoms with E-state index in [2.05, 4.69) is 4.99 Å². The molecule has 0 aromatic heterocycles. The van der Waals surface area contributed by atoms with Crippen molar-refractivity contribution in [1.82, 2.24) is 0 Å². The van der Waals surface area contributed by atoms with E-state index in [0.717, 1.165) is 0 Å². The molecule has 9 heteroatoms. The maximum atomic E-state index is 11.9. The molecule has 2 aliphatic heterocycles. The van der Waals surface area contributed by atoms with Crippen molar-refractivity contribution in [1.29, 1.82) is 0 Å². The molecule has 2 atom stereocenters. The number of rotatable bonds is 2. The van der Waals surface area contributed by atoms with Crippen molar-refractivity contribution in [2.24, 2.45) is 4.99 Å². The number of anilines is 1. The molecule has 2 aliphatic rings. The van der Waals surface area contributed by atoms with Crippen molar-refractivity contribution >= 4 is 61.6 Å². The van der Waals surface area contributed by atoms with Crippen molar-refractivity contribution < 1.29 is 13.2 Å². The fourth-order valence-electron chi connectivity index (χ4n) is 2.63. The van der Waals surface area contributed by atoms with Crippen LogP contribution in [0, 0.1) is 0 Å². The summed E-state index contributed by atoms with van der Waals surface area (Å²) in [7, 11) is -3.09. The molecule has 0 spiro atoms. The number of hydrogen-bond donors (Lipinski definition) is 0. The van der Waals surface area contributed by atoms with Gasteiger partial charge in [0.15, 0.2) is 15.0 Å². The number of halogens is 2. The molecule has 118 valence electrons. The minimum atomic E-state index is -3.09. The van der Waals surface area contributed by atoms with E-state index in [-0.39, 0.29) is 28.7 Å². The number of alkyl halides is 1. The van der Waals surface area contributed by atoms with Crippen LogP contribution in [0.2, 0.25) is 5.02 Å². The predicted molar refractivity (Wildman–Crippen MR) is 90.9 cm³/mol. The monoisotopic (exact) mass is 378 g/mol. The first kappa shape index (κ1) is 16.1. The van der Waals surface area contributed by atoms with E-state index in [1.165, 1.54) is 11.8 Å². The molecule has 2 fully saturated rings. The number of nitrogens with zero attached hydrogens (tertiary/aromatic N) is 2. The molecule has 22 heavy (non-hydrogen) atoms. The highest BCUT2D eigenvalue weighted by atomic mass is 35.5. The molecule has 0 bridgehead atoms. The van der Waals surface area contributed by atoms with E-state index in [9.17, 15) is 13.2 Å². The topological polar surface area (TPSA) is 66.8 Å². The van der Waals surface area contributed by atoms with Gasteiger partial charge in [0, 0.05) is 5.25 Å². The second-order valence-corrected chi connectivity index (χ2v) is 9.08. The van der Waals surface area contributed by atoms with Crippen LogP contribution in [0.1, 0.15) is 0 Å². The summed E-state index contributed by atoms with van der Waals surface area (Å²) in [5.41, 5.74) is 0.655. The number of carbonyl (C=O) groups is 1. The van der Waals surface area contributed by atoms with Gasteiger partial charge in [-0.05, 0) is 12.1 Å². The fourth-order valence-corrected chi connectivity index (χ4v) is 6.84. The number of thioether (sulfide) groups is 1. The number of benzene rings is 1. The lowest BCUT2D eigenvalue weighted by molar-refractivity contribution is -0.115. The Balaban J connectivity index is 2.05. The number of hydrogen-bond acceptors (Lipinski definition) is 4. The normalized spacial score (nSPS) is 28.1. The number of sulfone groups is 1. The molecule has 3 rings (SSSR count). The molecule has 2 saturated heterocycles. The van der Waals surface area contributed by atoms with Gasteiger partial charge in [-0.1, -0.05) is 35.5 Å². The van der Waals surface area contributed by atoms with E-state index in [4.69, 9.17) is 23.2 Å². The lowest BCUT2D eigenvalue weighted by Crippen LogP contribution is -2.38. The summed E-state index contributed by atoms with van der Waals surface area (Å²) in [6, 6.07) is 6.84. The van der Waals surface area contributed by atoms with E-state index >= 15 is 0 Å². The van der Waals surface area contributed by atoms with Gasteiger partial charge >= 0.3 is 0 Å². The third-order valence-corrected chi connectivity index (χ3v) is 7.27. The third-order valence-electron chi connectivity index (χ3n) is 3.51. The molecular formula is C13H12Cl2N2O3S2. The lowest BCUT2D eigenvalue weighted by Gasteiger charge is -2.25. The third kappa shape index (κ3) is 2.99. The zero-order valence-corrected chi connectivity index (χ0v) is 14.4. The van der Waals surface area contributed by atoms with Crippen LogP contribution in [0.4, 0.5) is 5.69 Å². The maximum Gasteiger partial charge on any atom is 0.262 e. The molecule has 1 amide bonds. The van der Waals surface area contributed by atoms with Gasteiger partial charge in [-0.3, -0.25) is 4.79 Å². The second kappa shape index (κ2) is 6.03. The SMILES string of the molecule is O=C(CCl)N=C1S[C@H]2CS(=O)(=O)C[C@H]2N1c1ccccc1Cl. The summed E-state index contributed by atoms with van der Waals surface area (Å²) in [6.45, 7) is 0. The number of amidine groups is 1. The van der Waals surface area contributed by atoms with Gasteiger partial charge in [-0.2, -0.15) is 4.99 Å². The minimum Gasteiger partial charge on any atom is -0.314 e. The largest absolute Gasteiger partial charge is 0.314 e. The molecular weight excluding hydrogens is 367 g/mol. The average Bonchev–Trinajstić information content (AvgIpc) is 2.91. The average molecular weight is 379 g/mol. The molecule has 5 nitrogen and oxygen atoms in total. The van der Waals surface area contributed by atoms with Gasteiger partial charge in [0.2, 0.25) is 0 Å². The van der Waals surface area contributed by atoms with Crippen LogP contribution in [0.15, 0.2) is 29.3 Å². The molecule has 0 radical (unpaired) electrons. The molecule has 0 aliphatic carbocycles. The first-order valence-corrected chi connectivity index (χ1v) is 10.1. The van der Waals surface area contributed by atoms with Crippen molar-refractivity contribution in [2.45, 2.75) is 11.3 Å². The highest BCUT2D eigenvalue weighted by Crippen LogP contribution is 2.42. The Labute approximate surface area is 142 Å². The van der Waals surface area contributed by atoms with Gasteiger partial charge in [-0.15, -0.1) is 11.6 Å². The Bertz CT molecular complexity index is 751. The molecule has 1 aromatic carbocycles. The summed E-state index contributed by atoms with van der Waals surface area (Å²) in [6.07, 6.45) is 0. The van der Waals surface area contributed by atoms with E-state index < -0.39 is 15.7 Å². The van der Waals surface area contributed by atoms with Gasteiger partial charge in [-0.25, -0.2) is 8.42 Å². The molecule has 0 unspecified atom stereocenters. The molecule has 0 saturated carbocycles. The summed E-state index contributed by atoms with van der Waals surface area (Å²) in [5.74, 6) is -0.556. The molecule has 1 aromatic rings. The van der Waals surface area contributed by atoms with Crippen LogP contribution >= 0.6 is 35.0 Å². The van der Waals surface area contributed by atoms with Crippen LogP contribution in [0.25, 0.3) is 0 Å². The van der Waals surface area contributed by atoms with E-state index in [1.807, 2.05) is 6.07 Å². The Morgan fingerprint density at radius 1 is 1.36 bits per heavy atom. The van der Waals surface area contributed by atoms with Crippen molar-refractivity contribution in [3.8, 4) is 0 Å². The summed E-state index contributed by atoms with van der Waals surface area (Å²) in [4.78, 5) is 17.3. The van der Waals surface area contributed by atoms with Crippen molar-refractivity contribution in [3.63, 3.8) is 0 Å². The smallest absolute Gasteiger partial charge is 0.262 e. The van der Waals surface area contributed by atoms with Crippen LogP contribution in [-0.4, -0.2) is 48.2 Å². The zero-order valence-electron chi connectivity index (χ0n) is 11.3. The van der Waals surface area contributed by atoms with E-state index in [1.54, 1.807) is 23.1 Å². The quantitative estimate of drug-likeness (QED) is 0.737. The number of amides is 1. The first-order chi connectivity index (χ1) is 10.4. The number of fused-ring (bicyclic) bond motifs is 1. The van der Waals surface area contributed by atoms with Gasteiger partial charge in [0.05, 0.1) is 28.3 Å². The summed E-state index contributed by atoms with van der Waals surface area (Å²) in [5, 5.41) is 0.797. The molecule has 2 heterocycles. The summed E-state index contributed by atoms with van der Waals surface area (Å²) < 4.78 is 23.8. The van der Waals surface area contributed by atoms with Crippen molar-refractivity contribution in [3.05, 3.63) is 29.3 Å². The first-order valence-electron chi connectivity index (χ1n) is 6.49. The highest BCUT2D eigenvalue weighted by molar-refractivity contribution is 8.16. The van der Waals surface area contributed by atoms with Gasteiger partial charge in [0.1, 0.15) is 5.88 Å². The standard InChI is InChI=1S/C13H12Cl2N2O3S2/c14-5-12(18)16-13-17(9-4-2-1-3-8(9)15)10-6-22(19,20)7-11(10)21-13/h1-4,10-11H,5-7H2/t10-,11+/m1/s1. The fraction of sp³-hybridized carbons (Fsp3) is 0.385. The lowest BCUT2D eigenvalue weighted by atomic mass is 10.2. The Hall–Kier alpha value is -0.760. The minimum absolute atomic E-state index is 0.0317. The zero-order chi connectivity index (χ0) is 15.9. The van der Waals surface area contributed by atoms with Crippen LogP contribution in [0.5, 0.6) is 0 Å².